The largest absolute Gasteiger partial charge is 0.494 e. The number of hydrogen-bond acceptors (Lipinski definition) is 5. The van der Waals surface area contributed by atoms with Crippen molar-refractivity contribution < 1.29 is 14.2 Å². The van der Waals surface area contributed by atoms with Crippen LogP contribution < -0.4 is 14.2 Å². The second kappa shape index (κ2) is 11.4. The Hall–Kier alpha value is -2.99. The zero-order chi connectivity index (χ0) is 24.9. The fourth-order valence-corrected chi connectivity index (χ4v) is 5.19. The first-order valence-corrected chi connectivity index (χ1v) is 13.7. The van der Waals surface area contributed by atoms with Crippen molar-refractivity contribution in [1.29, 1.82) is 0 Å². The molecule has 0 aliphatic carbocycles. The summed E-state index contributed by atoms with van der Waals surface area (Å²) < 4.78 is 19.1. The van der Waals surface area contributed by atoms with Crippen molar-refractivity contribution in [3.63, 3.8) is 0 Å². The highest BCUT2D eigenvalue weighted by Gasteiger charge is 2.41. The smallest absolute Gasteiger partial charge is 0.213 e. The van der Waals surface area contributed by atoms with Crippen molar-refractivity contribution in [3.05, 3.63) is 87.9 Å². The number of halogens is 1. The molecule has 0 radical (unpaired) electrons. The van der Waals surface area contributed by atoms with E-state index in [0.29, 0.717) is 6.61 Å². The summed E-state index contributed by atoms with van der Waals surface area (Å²) in [5, 5.41) is 7.19. The van der Waals surface area contributed by atoms with Gasteiger partial charge >= 0.3 is 0 Å². The van der Waals surface area contributed by atoms with Crippen molar-refractivity contribution >= 4 is 21.6 Å². The Morgan fingerprint density at radius 3 is 2.42 bits per heavy atom. The number of rotatable bonds is 10. The van der Waals surface area contributed by atoms with Crippen LogP contribution in [0.5, 0.6) is 17.2 Å². The van der Waals surface area contributed by atoms with Crippen LogP contribution in [0.1, 0.15) is 74.9 Å². The number of fused-ring (bicyclic) bond motifs is 3. The molecule has 0 saturated carbocycles. The van der Waals surface area contributed by atoms with Crippen LogP contribution in [0, 0.1) is 0 Å². The van der Waals surface area contributed by atoms with Gasteiger partial charge < -0.3 is 14.2 Å². The molecule has 0 unspecified atom stereocenters. The van der Waals surface area contributed by atoms with E-state index in [4.69, 9.17) is 19.3 Å². The van der Waals surface area contributed by atoms with Crippen LogP contribution in [0.25, 0.3) is 0 Å². The highest BCUT2D eigenvalue weighted by molar-refractivity contribution is 9.10. The maximum Gasteiger partial charge on any atom is 0.213 e. The van der Waals surface area contributed by atoms with Gasteiger partial charge in [-0.25, -0.2) is 5.01 Å². The Morgan fingerprint density at radius 2 is 1.67 bits per heavy atom. The second-order valence-electron chi connectivity index (χ2n) is 9.23. The van der Waals surface area contributed by atoms with Gasteiger partial charge in [-0.3, -0.25) is 0 Å². The number of nitrogens with zero attached hydrogens (tertiary/aromatic N) is 2. The molecular formula is C30H33BrN2O3. The summed E-state index contributed by atoms with van der Waals surface area (Å²) in [6, 6.07) is 22.8. The van der Waals surface area contributed by atoms with Gasteiger partial charge in [-0.1, -0.05) is 42.1 Å². The summed E-state index contributed by atoms with van der Waals surface area (Å²) in [7, 11) is 0. The van der Waals surface area contributed by atoms with E-state index in [2.05, 4.69) is 58.2 Å². The maximum atomic E-state index is 6.52. The van der Waals surface area contributed by atoms with E-state index < -0.39 is 0 Å². The van der Waals surface area contributed by atoms with Crippen LogP contribution in [-0.2, 0) is 0 Å². The van der Waals surface area contributed by atoms with Gasteiger partial charge in [0.05, 0.1) is 25.0 Å². The molecule has 0 saturated heterocycles. The molecule has 0 bridgehead atoms. The van der Waals surface area contributed by atoms with Crippen LogP contribution in [0.2, 0.25) is 0 Å². The van der Waals surface area contributed by atoms with Gasteiger partial charge in [0, 0.05) is 22.0 Å². The Balaban J connectivity index is 1.38. The van der Waals surface area contributed by atoms with Crippen LogP contribution >= 0.6 is 15.9 Å². The van der Waals surface area contributed by atoms with Crippen molar-refractivity contribution in [3.8, 4) is 17.2 Å². The van der Waals surface area contributed by atoms with E-state index in [1.165, 1.54) is 19.3 Å². The van der Waals surface area contributed by atoms with E-state index in [-0.39, 0.29) is 12.3 Å². The normalized spacial score (nSPS) is 18.2. The Morgan fingerprint density at radius 1 is 0.917 bits per heavy atom. The third-order valence-corrected chi connectivity index (χ3v) is 7.18. The summed E-state index contributed by atoms with van der Waals surface area (Å²) in [4.78, 5) is 0. The molecule has 3 aromatic carbocycles. The molecule has 2 heterocycles. The molecule has 188 valence electrons. The first kappa shape index (κ1) is 24.7. The number of ether oxygens (including phenoxy) is 3. The minimum atomic E-state index is -0.303. The summed E-state index contributed by atoms with van der Waals surface area (Å²) in [5.74, 6) is 2.68. The standard InChI is InChI=1S/C30H33BrN2O3/c1-3-5-6-7-18-35-25-15-10-22(11-16-25)30-33-28(26-19-23(31)12-17-29(26)36-30)20-27(32-33)21-8-13-24(14-9-21)34-4-2/h8-17,19,28,30H,3-7,18,20H2,1-2H3/t28-,30-/m0/s1. The quantitative estimate of drug-likeness (QED) is 0.240. The molecule has 0 N–H and O–H groups in total. The average molecular weight is 550 g/mol. The fourth-order valence-electron chi connectivity index (χ4n) is 4.81. The lowest BCUT2D eigenvalue weighted by molar-refractivity contribution is -0.0191. The molecular weight excluding hydrogens is 516 g/mol. The number of hydrogen-bond donors (Lipinski definition) is 0. The lowest BCUT2D eigenvalue weighted by Gasteiger charge is -2.38. The van der Waals surface area contributed by atoms with Crippen molar-refractivity contribution in [1.82, 2.24) is 5.01 Å². The molecule has 0 amide bonds. The van der Waals surface area contributed by atoms with E-state index in [1.807, 2.05) is 43.3 Å². The second-order valence-corrected chi connectivity index (χ2v) is 10.2. The highest BCUT2D eigenvalue weighted by atomic mass is 79.9. The SMILES string of the molecule is CCCCCCOc1ccc([C@@H]2Oc3ccc(Br)cc3[C@@H]3CC(c4ccc(OCC)cc4)=NN32)cc1. The van der Waals surface area contributed by atoms with Crippen molar-refractivity contribution in [2.45, 2.75) is 58.2 Å². The Labute approximate surface area is 222 Å². The molecule has 5 rings (SSSR count). The third-order valence-electron chi connectivity index (χ3n) is 6.68. The zero-order valence-electron chi connectivity index (χ0n) is 21.0. The van der Waals surface area contributed by atoms with Crippen molar-refractivity contribution in [2.75, 3.05) is 13.2 Å². The minimum absolute atomic E-state index is 0.104. The van der Waals surface area contributed by atoms with Crippen molar-refractivity contribution in [2.24, 2.45) is 5.10 Å². The van der Waals surface area contributed by atoms with Crippen LogP contribution in [0.15, 0.2) is 76.3 Å². The van der Waals surface area contributed by atoms with Gasteiger partial charge in [-0.2, -0.15) is 5.10 Å². The molecule has 5 nitrogen and oxygen atoms in total. The number of unbranched alkanes of at least 4 members (excludes halogenated alkanes) is 3. The molecule has 36 heavy (non-hydrogen) atoms. The number of benzene rings is 3. The van der Waals surface area contributed by atoms with Gasteiger partial charge in [0.1, 0.15) is 17.2 Å². The van der Waals surface area contributed by atoms with Gasteiger partial charge in [-0.05, 0) is 85.6 Å². The van der Waals surface area contributed by atoms with Gasteiger partial charge in [-0.15, -0.1) is 0 Å². The molecule has 2 atom stereocenters. The summed E-state index contributed by atoms with van der Waals surface area (Å²) in [5.41, 5.74) is 4.37. The van der Waals surface area contributed by atoms with E-state index in [0.717, 1.165) is 63.6 Å². The number of hydrazone groups is 1. The molecule has 2 aliphatic heterocycles. The van der Waals surface area contributed by atoms with Gasteiger partial charge in [0.2, 0.25) is 6.23 Å². The average Bonchev–Trinajstić information content (AvgIpc) is 3.35. The lowest BCUT2D eigenvalue weighted by atomic mass is 9.96. The summed E-state index contributed by atoms with van der Waals surface area (Å²) in [6.07, 6.45) is 5.31. The molecule has 6 heteroatoms. The van der Waals surface area contributed by atoms with Gasteiger partial charge in [0.25, 0.3) is 0 Å². The predicted octanol–water partition coefficient (Wildman–Crippen LogP) is 8.05. The van der Waals surface area contributed by atoms with E-state index >= 15 is 0 Å². The molecule has 0 aromatic heterocycles. The Kier molecular flexibility index (Phi) is 7.81. The maximum absolute atomic E-state index is 6.52. The fraction of sp³-hybridized carbons (Fsp3) is 0.367. The van der Waals surface area contributed by atoms with Crippen LogP contribution in [-0.4, -0.2) is 23.9 Å². The van der Waals surface area contributed by atoms with E-state index in [1.54, 1.807) is 0 Å². The zero-order valence-corrected chi connectivity index (χ0v) is 22.5. The van der Waals surface area contributed by atoms with E-state index in [9.17, 15) is 0 Å². The predicted molar refractivity (Wildman–Crippen MR) is 147 cm³/mol. The molecule has 0 fully saturated rings. The summed E-state index contributed by atoms with van der Waals surface area (Å²) >= 11 is 3.63. The molecule has 0 spiro atoms. The first-order chi connectivity index (χ1) is 17.7. The first-order valence-electron chi connectivity index (χ1n) is 12.9. The highest BCUT2D eigenvalue weighted by Crippen LogP contribution is 2.48. The minimum Gasteiger partial charge on any atom is -0.494 e. The Bertz CT molecular complexity index is 1190. The van der Waals surface area contributed by atoms with Crippen LogP contribution in [0.4, 0.5) is 0 Å². The molecule has 3 aromatic rings. The topological polar surface area (TPSA) is 43.3 Å². The van der Waals surface area contributed by atoms with Crippen LogP contribution in [0.3, 0.4) is 0 Å². The van der Waals surface area contributed by atoms with Gasteiger partial charge in [0.15, 0.2) is 0 Å². The third kappa shape index (κ3) is 5.39. The lowest BCUT2D eigenvalue weighted by Crippen LogP contribution is -2.33. The molecule has 2 aliphatic rings. The summed E-state index contributed by atoms with van der Waals surface area (Å²) in [6.45, 7) is 5.63. The monoisotopic (exact) mass is 548 g/mol.